The van der Waals surface area contributed by atoms with Gasteiger partial charge < -0.3 is 9.84 Å². The smallest absolute Gasteiger partial charge is 0.357 e. The molecule has 0 radical (unpaired) electrons. The third kappa shape index (κ3) is 4.07. The van der Waals surface area contributed by atoms with Crippen molar-refractivity contribution in [2.45, 2.75) is 56.4 Å². The van der Waals surface area contributed by atoms with Gasteiger partial charge in [0.05, 0.1) is 11.3 Å². The molecule has 1 unspecified atom stereocenters. The molecular weight excluding hydrogens is 328 g/mol. The lowest BCUT2D eigenvalue weighted by atomic mass is 9.76. The van der Waals surface area contributed by atoms with Gasteiger partial charge in [0.25, 0.3) is 0 Å². The minimum absolute atomic E-state index is 0.0551. The number of nitrogens with zero attached hydrogens (tertiary/aromatic N) is 1. The number of hydrogen-bond donors (Lipinski definition) is 2. The fourth-order valence-electron chi connectivity index (χ4n) is 2.94. The maximum absolute atomic E-state index is 12.2. The summed E-state index contributed by atoms with van der Waals surface area (Å²) in [5.74, 6) is 0.550. The lowest BCUT2D eigenvalue weighted by Gasteiger charge is -2.41. The van der Waals surface area contributed by atoms with Crippen LogP contribution in [0.4, 0.5) is 0 Å². The minimum atomic E-state index is -3.46. The van der Waals surface area contributed by atoms with Crippen LogP contribution in [0.2, 0.25) is 0 Å². The summed E-state index contributed by atoms with van der Waals surface area (Å²) in [6.45, 7) is 9.91. The lowest BCUT2D eigenvalue weighted by molar-refractivity contribution is -0.0250. The van der Waals surface area contributed by atoms with Crippen molar-refractivity contribution in [3.63, 3.8) is 0 Å². The highest BCUT2D eigenvalue weighted by molar-refractivity contribution is 7.90. The molecule has 1 aromatic rings. The number of hydrogen-bond acceptors (Lipinski definition) is 4. The van der Waals surface area contributed by atoms with Crippen LogP contribution in [-0.2, 0) is 15.6 Å². The first-order chi connectivity index (χ1) is 11.3. The average molecular weight is 352 g/mol. The molecule has 1 aromatic carbocycles. The zero-order chi connectivity index (χ0) is 17.8. The molecule has 1 saturated carbocycles. The molecule has 2 rings (SSSR count). The molecule has 0 aliphatic heterocycles. The van der Waals surface area contributed by atoms with Crippen LogP contribution in [0.3, 0.4) is 0 Å². The Kier molecular flexibility index (Phi) is 5.86. The molecular formula is C17H24N2O4S. The zero-order valence-corrected chi connectivity index (χ0v) is 14.8. The SMILES string of the molecule is [C-]#[N+]COc1ccc(C2(O)CCCC[C@@H]2NS(=O)(=O)C(C)C)cc1. The van der Waals surface area contributed by atoms with E-state index in [1.807, 2.05) is 0 Å². The van der Waals surface area contributed by atoms with E-state index in [2.05, 4.69) is 9.57 Å². The van der Waals surface area contributed by atoms with Crippen molar-refractivity contribution in [3.8, 4) is 5.75 Å². The topological polar surface area (TPSA) is 80.0 Å². The third-order valence-corrected chi connectivity index (χ3v) is 6.31. The Morgan fingerprint density at radius 2 is 2.04 bits per heavy atom. The van der Waals surface area contributed by atoms with E-state index >= 15 is 0 Å². The van der Waals surface area contributed by atoms with Crippen molar-refractivity contribution in [3.05, 3.63) is 41.2 Å². The lowest BCUT2D eigenvalue weighted by Crippen LogP contribution is -2.53. The van der Waals surface area contributed by atoms with E-state index in [1.54, 1.807) is 38.1 Å². The summed E-state index contributed by atoms with van der Waals surface area (Å²) in [6, 6.07) is 6.32. The fourth-order valence-corrected chi connectivity index (χ4v) is 3.92. The maximum atomic E-state index is 12.2. The first-order valence-corrected chi connectivity index (χ1v) is 9.64. The molecule has 7 heteroatoms. The van der Waals surface area contributed by atoms with E-state index in [0.29, 0.717) is 24.2 Å². The van der Waals surface area contributed by atoms with Gasteiger partial charge >= 0.3 is 6.73 Å². The number of ether oxygens (including phenoxy) is 1. The van der Waals surface area contributed by atoms with Crippen LogP contribution in [0, 0.1) is 6.57 Å². The monoisotopic (exact) mass is 352 g/mol. The molecule has 1 aliphatic carbocycles. The van der Waals surface area contributed by atoms with Gasteiger partial charge in [0.15, 0.2) is 0 Å². The molecule has 1 fully saturated rings. The van der Waals surface area contributed by atoms with E-state index in [9.17, 15) is 13.5 Å². The van der Waals surface area contributed by atoms with Crippen LogP contribution in [0.25, 0.3) is 4.85 Å². The predicted molar refractivity (Wildman–Crippen MR) is 91.9 cm³/mol. The number of rotatable bonds is 6. The quantitative estimate of drug-likeness (QED) is 0.771. The molecule has 0 saturated heterocycles. The van der Waals surface area contributed by atoms with Crippen LogP contribution in [0.5, 0.6) is 5.75 Å². The minimum Gasteiger partial charge on any atom is -0.426 e. The second-order valence-corrected chi connectivity index (χ2v) is 8.66. The fraction of sp³-hybridized carbons (Fsp3) is 0.588. The standard InChI is InChI=1S/C17H24N2O4S/c1-13(2)24(21,22)19-16-6-4-5-11-17(16,20)14-7-9-15(10-8-14)23-12-18-3/h7-10,13,16,19-20H,4-6,11-12H2,1-2H3/t16-,17?/m0/s1. The van der Waals surface area contributed by atoms with Crippen LogP contribution >= 0.6 is 0 Å². The normalized spacial score (nSPS) is 24.5. The molecule has 24 heavy (non-hydrogen) atoms. The second kappa shape index (κ2) is 7.51. The van der Waals surface area contributed by atoms with Crippen molar-refractivity contribution in [2.75, 3.05) is 6.73 Å². The van der Waals surface area contributed by atoms with E-state index < -0.39 is 26.9 Å². The van der Waals surface area contributed by atoms with Gasteiger partial charge in [0.1, 0.15) is 11.4 Å². The predicted octanol–water partition coefficient (Wildman–Crippen LogP) is 2.40. The van der Waals surface area contributed by atoms with Gasteiger partial charge in [0, 0.05) is 0 Å². The summed E-state index contributed by atoms with van der Waals surface area (Å²) in [4.78, 5) is 3.13. The van der Waals surface area contributed by atoms with Crippen molar-refractivity contribution < 1.29 is 18.3 Å². The Morgan fingerprint density at radius 3 is 2.62 bits per heavy atom. The Hall–Kier alpha value is -1.62. The number of aliphatic hydroxyl groups is 1. The molecule has 0 amide bonds. The van der Waals surface area contributed by atoms with E-state index in [0.717, 1.165) is 12.8 Å². The summed E-state index contributed by atoms with van der Waals surface area (Å²) in [7, 11) is -3.46. The highest BCUT2D eigenvalue weighted by Gasteiger charge is 2.42. The van der Waals surface area contributed by atoms with Gasteiger partial charge in [-0.2, -0.15) is 0 Å². The summed E-state index contributed by atoms with van der Waals surface area (Å²) in [5, 5.41) is 10.7. The molecule has 0 aromatic heterocycles. The van der Waals surface area contributed by atoms with Crippen LogP contribution in [0.15, 0.2) is 24.3 Å². The highest BCUT2D eigenvalue weighted by atomic mass is 32.2. The third-order valence-electron chi connectivity index (χ3n) is 4.45. The van der Waals surface area contributed by atoms with Crippen LogP contribution in [0.1, 0.15) is 45.1 Å². The van der Waals surface area contributed by atoms with Gasteiger partial charge in [-0.15, -0.1) is 0 Å². The van der Waals surface area contributed by atoms with Crippen molar-refractivity contribution in [1.29, 1.82) is 0 Å². The Labute approximate surface area is 143 Å². The van der Waals surface area contributed by atoms with Crippen LogP contribution in [-0.4, -0.2) is 31.5 Å². The molecule has 2 atom stereocenters. The van der Waals surface area contributed by atoms with E-state index in [-0.39, 0.29) is 6.73 Å². The summed E-state index contributed by atoms with van der Waals surface area (Å²) in [5.41, 5.74) is -0.577. The molecule has 1 aliphatic rings. The first kappa shape index (κ1) is 18.7. The molecule has 132 valence electrons. The molecule has 2 N–H and O–H groups in total. The summed E-state index contributed by atoms with van der Waals surface area (Å²) < 4.78 is 32.3. The van der Waals surface area contributed by atoms with Gasteiger partial charge in [-0.05, 0) is 44.4 Å². The molecule has 6 nitrogen and oxygen atoms in total. The molecule has 0 bridgehead atoms. The Bertz CT molecular complexity index is 694. The van der Waals surface area contributed by atoms with Crippen molar-refractivity contribution >= 4 is 10.0 Å². The molecule has 0 heterocycles. The number of benzene rings is 1. The molecule has 0 spiro atoms. The highest BCUT2D eigenvalue weighted by Crippen LogP contribution is 2.38. The maximum Gasteiger partial charge on any atom is 0.357 e. The summed E-state index contributed by atoms with van der Waals surface area (Å²) in [6.07, 6.45) is 2.81. The van der Waals surface area contributed by atoms with Gasteiger partial charge in [-0.25, -0.2) is 19.7 Å². The zero-order valence-electron chi connectivity index (χ0n) is 14.0. The average Bonchev–Trinajstić information content (AvgIpc) is 2.55. The number of sulfonamides is 1. The number of nitrogens with one attached hydrogen (secondary N) is 1. The van der Waals surface area contributed by atoms with Gasteiger partial charge in [0.2, 0.25) is 10.0 Å². The van der Waals surface area contributed by atoms with Crippen LogP contribution < -0.4 is 9.46 Å². The Morgan fingerprint density at radius 1 is 1.38 bits per heavy atom. The van der Waals surface area contributed by atoms with Crippen molar-refractivity contribution in [2.24, 2.45) is 0 Å². The van der Waals surface area contributed by atoms with Gasteiger partial charge in [-0.1, -0.05) is 25.0 Å². The van der Waals surface area contributed by atoms with Gasteiger partial charge in [-0.3, -0.25) is 4.85 Å². The van der Waals surface area contributed by atoms with Crippen molar-refractivity contribution in [1.82, 2.24) is 4.72 Å². The van der Waals surface area contributed by atoms with E-state index in [1.165, 1.54) is 0 Å². The summed E-state index contributed by atoms with van der Waals surface area (Å²) >= 11 is 0. The first-order valence-electron chi connectivity index (χ1n) is 8.09. The second-order valence-electron chi connectivity index (χ2n) is 6.39. The Balaban J connectivity index is 2.25. The van der Waals surface area contributed by atoms with E-state index in [4.69, 9.17) is 11.3 Å². The largest absolute Gasteiger partial charge is 0.426 e.